The number of carbonyl (C=O) groups excluding carboxylic acids is 1. The molecule has 3 nitrogen and oxygen atoms in total. The van der Waals surface area contributed by atoms with Crippen LogP contribution in [0.4, 0.5) is 0 Å². The maximum atomic E-state index is 12.9. The Morgan fingerprint density at radius 3 is 2.44 bits per heavy atom. The number of hydrogen-bond acceptors (Lipinski definition) is 3. The summed E-state index contributed by atoms with van der Waals surface area (Å²) in [6.45, 7) is 4.88. The van der Waals surface area contributed by atoms with Gasteiger partial charge >= 0.3 is 0 Å². The predicted molar refractivity (Wildman–Crippen MR) is 111 cm³/mol. The van der Waals surface area contributed by atoms with Crippen molar-refractivity contribution in [3.05, 3.63) is 83.4 Å². The summed E-state index contributed by atoms with van der Waals surface area (Å²) >= 11 is 0. The second-order valence-electron chi connectivity index (χ2n) is 7.22. The fourth-order valence-corrected chi connectivity index (χ4v) is 3.29. The molecule has 1 unspecified atom stereocenters. The Labute approximate surface area is 161 Å². The zero-order valence-corrected chi connectivity index (χ0v) is 16.0. The van der Waals surface area contributed by atoms with Crippen LogP contribution >= 0.6 is 0 Å². The first-order valence-electron chi connectivity index (χ1n) is 9.47. The molecule has 0 bridgehead atoms. The lowest BCUT2D eigenvalue weighted by Crippen LogP contribution is -2.23. The molecule has 3 aromatic rings. The molecule has 0 radical (unpaired) electrons. The van der Waals surface area contributed by atoms with Crippen molar-refractivity contribution < 1.29 is 9.53 Å². The Kier molecular flexibility index (Phi) is 6.38. The molecule has 0 amide bonds. The van der Waals surface area contributed by atoms with Gasteiger partial charge < -0.3 is 10.5 Å². The van der Waals surface area contributed by atoms with E-state index >= 15 is 0 Å². The largest absolute Gasteiger partial charge is 0.374 e. The van der Waals surface area contributed by atoms with E-state index < -0.39 is 0 Å². The van der Waals surface area contributed by atoms with Crippen LogP contribution in [0.3, 0.4) is 0 Å². The maximum Gasteiger partial charge on any atom is 0.145 e. The molecule has 0 saturated carbocycles. The molecule has 2 N–H and O–H groups in total. The van der Waals surface area contributed by atoms with Crippen molar-refractivity contribution >= 4 is 16.6 Å². The quantitative estimate of drug-likeness (QED) is 0.637. The summed E-state index contributed by atoms with van der Waals surface area (Å²) in [5.74, 6) is -0.148. The standard InChI is InChI=1S/C24H27NO2/c1-17(2)27-16-19-6-5-9-22(13-19)23(15-25)24(26)14-18-10-11-20-7-3-4-8-21(20)12-18/h3-13,17,23H,14-16,25H2,1-2H3. The van der Waals surface area contributed by atoms with E-state index in [1.54, 1.807) is 0 Å². The molecule has 3 rings (SSSR count). The van der Waals surface area contributed by atoms with Gasteiger partial charge in [-0.2, -0.15) is 0 Å². The van der Waals surface area contributed by atoms with Gasteiger partial charge in [-0.3, -0.25) is 4.79 Å². The zero-order chi connectivity index (χ0) is 19.2. The molecule has 0 aliphatic carbocycles. The molecule has 0 heterocycles. The van der Waals surface area contributed by atoms with Gasteiger partial charge in [-0.1, -0.05) is 66.7 Å². The Hall–Kier alpha value is -2.49. The second kappa shape index (κ2) is 8.94. The lowest BCUT2D eigenvalue weighted by molar-refractivity contribution is -0.119. The Morgan fingerprint density at radius 2 is 1.70 bits per heavy atom. The van der Waals surface area contributed by atoms with Gasteiger partial charge in [-0.15, -0.1) is 0 Å². The van der Waals surface area contributed by atoms with Crippen molar-refractivity contribution in [3.63, 3.8) is 0 Å². The molecule has 0 fully saturated rings. The molecule has 1 atom stereocenters. The van der Waals surface area contributed by atoms with Crippen LogP contribution in [0.5, 0.6) is 0 Å². The molecule has 0 saturated heterocycles. The van der Waals surface area contributed by atoms with Crippen LogP contribution in [0.15, 0.2) is 66.7 Å². The first kappa shape index (κ1) is 19.3. The third-order valence-corrected chi connectivity index (χ3v) is 4.75. The van der Waals surface area contributed by atoms with Gasteiger partial charge in [-0.05, 0) is 41.3 Å². The lowest BCUT2D eigenvalue weighted by Gasteiger charge is -2.16. The van der Waals surface area contributed by atoms with Gasteiger partial charge in [0.05, 0.1) is 18.6 Å². The smallest absolute Gasteiger partial charge is 0.145 e. The number of ether oxygens (including phenoxy) is 1. The van der Waals surface area contributed by atoms with E-state index in [4.69, 9.17) is 10.5 Å². The number of nitrogens with two attached hydrogens (primary N) is 1. The molecule has 3 aromatic carbocycles. The van der Waals surface area contributed by atoms with Crippen LogP contribution < -0.4 is 5.73 Å². The molecule has 3 heteroatoms. The van der Waals surface area contributed by atoms with Gasteiger partial charge in [0.25, 0.3) is 0 Å². The lowest BCUT2D eigenvalue weighted by atomic mass is 9.90. The van der Waals surface area contributed by atoms with E-state index in [1.807, 2.05) is 56.3 Å². The monoisotopic (exact) mass is 361 g/mol. The number of benzene rings is 3. The third kappa shape index (κ3) is 5.03. The van der Waals surface area contributed by atoms with Crippen LogP contribution in [-0.2, 0) is 22.6 Å². The van der Waals surface area contributed by atoms with Gasteiger partial charge in [-0.25, -0.2) is 0 Å². The summed E-state index contributed by atoms with van der Waals surface area (Å²) in [6.07, 6.45) is 0.563. The highest BCUT2D eigenvalue weighted by molar-refractivity contribution is 5.90. The van der Waals surface area contributed by atoms with Gasteiger partial charge in [0, 0.05) is 13.0 Å². The van der Waals surface area contributed by atoms with E-state index in [-0.39, 0.29) is 17.8 Å². The minimum absolute atomic E-state index is 0.148. The minimum Gasteiger partial charge on any atom is -0.374 e. The number of rotatable bonds is 8. The van der Waals surface area contributed by atoms with Crippen molar-refractivity contribution in [2.24, 2.45) is 5.73 Å². The molecule has 27 heavy (non-hydrogen) atoms. The summed E-state index contributed by atoms with van der Waals surface area (Å²) in [4.78, 5) is 12.9. The number of fused-ring (bicyclic) bond motifs is 1. The van der Waals surface area contributed by atoms with Crippen molar-refractivity contribution in [3.8, 4) is 0 Å². The number of ketones is 1. The SMILES string of the molecule is CC(C)OCc1cccc(C(CN)C(=O)Cc2ccc3ccccc3c2)c1. The Bertz CT molecular complexity index is 917. The summed E-state index contributed by atoms with van der Waals surface area (Å²) in [7, 11) is 0. The molecule has 140 valence electrons. The van der Waals surface area contributed by atoms with Crippen LogP contribution in [0, 0.1) is 0 Å². The highest BCUT2D eigenvalue weighted by atomic mass is 16.5. The van der Waals surface area contributed by atoms with Crippen molar-refractivity contribution in [1.29, 1.82) is 0 Å². The maximum absolute atomic E-state index is 12.9. The van der Waals surface area contributed by atoms with Crippen LogP contribution in [0.1, 0.15) is 36.5 Å². The number of hydrogen-bond donors (Lipinski definition) is 1. The Morgan fingerprint density at radius 1 is 0.926 bits per heavy atom. The predicted octanol–water partition coefficient (Wildman–Crippen LogP) is 4.62. The number of carbonyl (C=O) groups is 1. The average molecular weight is 361 g/mol. The summed E-state index contributed by atoms with van der Waals surface area (Å²) in [5, 5.41) is 2.34. The molecular formula is C24H27NO2. The first-order chi connectivity index (χ1) is 13.1. The molecule has 0 aliphatic rings. The van der Waals surface area contributed by atoms with E-state index in [2.05, 4.69) is 24.3 Å². The van der Waals surface area contributed by atoms with Gasteiger partial charge in [0.1, 0.15) is 5.78 Å². The second-order valence-corrected chi connectivity index (χ2v) is 7.22. The van der Waals surface area contributed by atoms with Crippen LogP contribution in [0.25, 0.3) is 10.8 Å². The van der Waals surface area contributed by atoms with E-state index in [0.29, 0.717) is 19.6 Å². The Balaban J connectivity index is 1.76. The average Bonchev–Trinajstić information content (AvgIpc) is 2.67. The highest BCUT2D eigenvalue weighted by Crippen LogP contribution is 2.22. The first-order valence-corrected chi connectivity index (χ1v) is 9.47. The van der Waals surface area contributed by atoms with Crippen LogP contribution in [-0.4, -0.2) is 18.4 Å². The van der Waals surface area contributed by atoms with Crippen molar-refractivity contribution in [1.82, 2.24) is 0 Å². The van der Waals surface area contributed by atoms with E-state index in [1.165, 1.54) is 5.39 Å². The van der Waals surface area contributed by atoms with Gasteiger partial charge in [0.15, 0.2) is 0 Å². The molecular weight excluding hydrogens is 334 g/mol. The zero-order valence-electron chi connectivity index (χ0n) is 16.0. The van der Waals surface area contributed by atoms with Crippen LogP contribution in [0.2, 0.25) is 0 Å². The fourth-order valence-electron chi connectivity index (χ4n) is 3.29. The van der Waals surface area contributed by atoms with Crippen molar-refractivity contribution in [2.75, 3.05) is 6.54 Å². The number of Topliss-reactive ketones (excluding diaryl/α,β-unsaturated/α-hetero) is 1. The molecule has 0 aliphatic heterocycles. The highest BCUT2D eigenvalue weighted by Gasteiger charge is 2.19. The van der Waals surface area contributed by atoms with Gasteiger partial charge in [0.2, 0.25) is 0 Å². The third-order valence-electron chi connectivity index (χ3n) is 4.75. The molecule has 0 aromatic heterocycles. The van der Waals surface area contributed by atoms with E-state index in [0.717, 1.165) is 22.1 Å². The van der Waals surface area contributed by atoms with Crippen molar-refractivity contribution in [2.45, 2.75) is 38.9 Å². The minimum atomic E-state index is -0.296. The topological polar surface area (TPSA) is 52.3 Å². The summed E-state index contributed by atoms with van der Waals surface area (Å²) in [5.41, 5.74) is 9.03. The normalized spacial score (nSPS) is 12.4. The fraction of sp³-hybridized carbons (Fsp3) is 0.292. The van der Waals surface area contributed by atoms with E-state index in [9.17, 15) is 4.79 Å². The summed E-state index contributed by atoms with van der Waals surface area (Å²) < 4.78 is 5.68. The summed E-state index contributed by atoms with van der Waals surface area (Å²) in [6, 6.07) is 22.4. The molecule has 0 spiro atoms.